The van der Waals surface area contributed by atoms with Crippen molar-refractivity contribution in [1.82, 2.24) is 0 Å². The zero-order valence-electron chi connectivity index (χ0n) is 29.6. The molecule has 3 saturated carbocycles. The fourth-order valence-electron chi connectivity index (χ4n) is 6.82. The first-order valence-corrected chi connectivity index (χ1v) is 19.4. The van der Waals surface area contributed by atoms with Gasteiger partial charge in [0.05, 0.1) is 11.1 Å². The summed E-state index contributed by atoms with van der Waals surface area (Å²) in [5, 5.41) is 17.0. The van der Waals surface area contributed by atoms with Crippen molar-refractivity contribution in [2.24, 2.45) is 16.9 Å². The van der Waals surface area contributed by atoms with Gasteiger partial charge in [-0.2, -0.15) is 0 Å². The number of carbonyl (C=O) groups is 2. The smallest absolute Gasteiger partial charge is 0.335 e. The van der Waals surface area contributed by atoms with Gasteiger partial charge in [0.1, 0.15) is 0 Å². The van der Waals surface area contributed by atoms with Crippen molar-refractivity contribution in [3.8, 4) is 0 Å². The maximum atomic E-state index is 10.4. The number of rotatable bonds is 4. The van der Waals surface area contributed by atoms with Crippen molar-refractivity contribution in [3.05, 3.63) is 35.4 Å². The second-order valence-corrected chi connectivity index (χ2v) is 14.1. The molecule has 0 bridgehead atoms. The number of hydrogen-bond acceptors (Lipinski definition) is 4. The topological polar surface area (TPSA) is 127 Å². The summed E-state index contributed by atoms with van der Waals surface area (Å²) in [5.74, 6) is -2.25. The average molecular weight is 645 g/mol. The number of nitrogens with two attached hydrogens (primary N) is 2. The number of benzene rings is 1. The molecule has 0 radical (unpaired) electrons. The lowest BCUT2D eigenvalue weighted by atomic mass is 9.77. The van der Waals surface area contributed by atoms with Gasteiger partial charge < -0.3 is 21.7 Å². The highest BCUT2D eigenvalue weighted by molar-refractivity contribution is 5.93. The van der Waals surface area contributed by atoms with Crippen molar-refractivity contribution in [1.29, 1.82) is 0 Å². The molecule has 3 fully saturated rings. The maximum Gasteiger partial charge on any atom is 0.335 e. The van der Waals surface area contributed by atoms with Crippen LogP contribution in [0.3, 0.4) is 0 Å². The molecule has 6 heteroatoms. The second-order valence-electron chi connectivity index (χ2n) is 14.1. The number of carboxylic acids is 2. The normalized spacial score (nSPS) is 20.3. The van der Waals surface area contributed by atoms with Gasteiger partial charge in [-0.1, -0.05) is 179 Å². The fraction of sp³-hybridized carbons (Fsp3) is 0.800. The summed E-state index contributed by atoms with van der Waals surface area (Å²) in [6.45, 7) is 1.56. The molecule has 3 aliphatic carbocycles. The van der Waals surface area contributed by atoms with Gasteiger partial charge in [0.2, 0.25) is 0 Å². The highest BCUT2D eigenvalue weighted by Crippen LogP contribution is 2.31. The third-order valence-corrected chi connectivity index (χ3v) is 10.1. The Bertz CT molecular complexity index is 743. The Hall–Kier alpha value is -1.92. The summed E-state index contributed by atoms with van der Waals surface area (Å²) in [5.41, 5.74) is 12.0. The molecule has 266 valence electrons. The van der Waals surface area contributed by atoms with Crippen molar-refractivity contribution in [2.45, 2.75) is 186 Å². The van der Waals surface area contributed by atoms with Crippen LogP contribution >= 0.6 is 0 Å². The van der Waals surface area contributed by atoms with E-state index in [0.717, 1.165) is 19.2 Å². The minimum Gasteiger partial charge on any atom is -0.478 e. The first-order valence-electron chi connectivity index (χ1n) is 19.4. The summed E-state index contributed by atoms with van der Waals surface area (Å²) >= 11 is 0. The quantitative estimate of drug-likeness (QED) is 0.258. The lowest BCUT2D eigenvalue weighted by Crippen LogP contribution is -2.38. The summed E-state index contributed by atoms with van der Waals surface area (Å²) in [6, 6.07) is 5.20. The molecule has 0 heterocycles. The first kappa shape index (κ1) is 42.1. The van der Waals surface area contributed by atoms with Crippen molar-refractivity contribution >= 4 is 11.9 Å². The molecule has 1 aromatic rings. The Morgan fingerprint density at radius 1 is 0.457 bits per heavy atom. The van der Waals surface area contributed by atoms with Gasteiger partial charge in [0.25, 0.3) is 0 Å². The van der Waals surface area contributed by atoms with Crippen molar-refractivity contribution in [2.75, 3.05) is 13.1 Å². The lowest BCUT2D eigenvalue weighted by Gasteiger charge is -2.32. The van der Waals surface area contributed by atoms with E-state index < -0.39 is 11.9 Å². The van der Waals surface area contributed by atoms with Crippen LogP contribution in [0.4, 0.5) is 0 Å². The minimum atomic E-state index is -1.13. The molecule has 0 aliphatic heterocycles. The molecular formula is C40H72N2O4. The molecular weight excluding hydrogens is 572 g/mol. The molecule has 46 heavy (non-hydrogen) atoms. The molecule has 6 N–H and O–H groups in total. The van der Waals surface area contributed by atoms with E-state index in [-0.39, 0.29) is 16.5 Å². The van der Waals surface area contributed by atoms with E-state index in [4.69, 9.17) is 21.7 Å². The number of aromatic carboxylic acids is 2. The van der Waals surface area contributed by atoms with Crippen LogP contribution in [0.2, 0.25) is 0 Å². The van der Waals surface area contributed by atoms with Gasteiger partial charge in [-0.3, -0.25) is 0 Å². The highest BCUT2D eigenvalue weighted by atomic mass is 16.4. The highest BCUT2D eigenvalue weighted by Gasteiger charge is 2.26. The van der Waals surface area contributed by atoms with Crippen LogP contribution in [0.15, 0.2) is 24.3 Å². The Labute approximate surface area is 282 Å². The van der Waals surface area contributed by atoms with Crippen molar-refractivity contribution < 1.29 is 19.8 Å². The molecule has 0 saturated heterocycles. The molecule has 6 nitrogen and oxygen atoms in total. The fourth-order valence-corrected chi connectivity index (χ4v) is 6.82. The maximum absolute atomic E-state index is 10.4. The zero-order chi connectivity index (χ0) is 33.6. The minimum absolute atomic E-state index is 0.0186. The van der Waals surface area contributed by atoms with Crippen molar-refractivity contribution in [3.63, 3.8) is 0 Å². The van der Waals surface area contributed by atoms with Gasteiger partial charge in [0.15, 0.2) is 0 Å². The summed E-state index contributed by atoms with van der Waals surface area (Å²) in [7, 11) is 0. The molecule has 0 atom stereocenters. The third-order valence-electron chi connectivity index (χ3n) is 10.1. The predicted molar refractivity (Wildman–Crippen MR) is 195 cm³/mol. The average Bonchev–Trinajstić information content (AvgIpc) is 3.09. The van der Waals surface area contributed by atoms with Crippen LogP contribution in [-0.2, 0) is 0 Å². The summed E-state index contributed by atoms with van der Waals surface area (Å²) in [6.07, 6.45) is 42.2. The summed E-state index contributed by atoms with van der Waals surface area (Å²) in [4.78, 5) is 20.8. The van der Waals surface area contributed by atoms with Gasteiger partial charge in [-0.15, -0.1) is 0 Å². The largest absolute Gasteiger partial charge is 0.478 e. The Morgan fingerprint density at radius 3 is 0.870 bits per heavy atom. The van der Waals surface area contributed by atoms with E-state index in [9.17, 15) is 9.59 Å². The molecule has 0 spiro atoms. The zero-order valence-corrected chi connectivity index (χ0v) is 29.6. The van der Waals surface area contributed by atoms with Crippen LogP contribution in [-0.4, -0.2) is 35.2 Å². The van der Waals surface area contributed by atoms with E-state index in [1.165, 1.54) is 204 Å². The Kier molecular flexibility index (Phi) is 26.8. The van der Waals surface area contributed by atoms with E-state index in [1.807, 2.05) is 0 Å². The third kappa shape index (κ3) is 22.6. The molecule has 4 rings (SSSR count). The lowest BCUT2D eigenvalue weighted by molar-refractivity contribution is 0.0696. The van der Waals surface area contributed by atoms with Gasteiger partial charge >= 0.3 is 11.9 Å². The van der Waals surface area contributed by atoms with E-state index in [0.29, 0.717) is 0 Å². The van der Waals surface area contributed by atoms with E-state index >= 15 is 0 Å². The van der Waals surface area contributed by atoms with Crippen LogP contribution in [0.1, 0.15) is 207 Å². The monoisotopic (exact) mass is 645 g/mol. The van der Waals surface area contributed by atoms with Gasteiger partial charge in [0, 0.05) is 0 Å². The van der Waals surface area contributed by atoms with Gasteiger partial charge in [-0.05, 0) is 49.5 Å². The number of carboxylic acid groups (broad SMARTS) is 2. The van der Waals surface area contributed by atoms with E-state index in [1.54, 1.807) is 0 Å². The first-order chi connectivity index (χ1) is 22.4. The predicted octanol–water partition coefficient (Wildman–Crippen LogP) is 11.3. The van der Waals surface area contributed by atoms with Crippen LogP contribution < -0.4 is 11.5 Å². The molecule has 0 unspecified atom stereocenters. The Balaban J connectivity index is 0.000000310. The van der Waals surface area contributed by atoms with E-state index in [2.05, 4.69) is 0 Å². The van der Waals surface area contributed by atoms with Crippen LogP contribution in [0, 0.1) is 5.41 Å². The molecule has 0 amide bonds. The number of hydrogen-bond donors (Lipinski definition) is 4. The standard InChI is InChI=1S/C12H26N2.2C10H20.C8H6O4/c13-10-12(11-14)8-6-4-2-1-3-5-7-9-12;2*1-2-4-6-8-10-9-7-5-3-1;9-7(10)5-2-1-3-6(4-5)8(11)12/h1-11,13-14H2;2*1-10H2;1-4H,(H,9,10)(H,11,12). The Morgan fingerprint density at radius 2 is 0.674 bits per heavy atom. The molecule has 3 aliphatic rings. The molecule has 0 aromatic heterocycles. The van der Waals surface area contributed by atoms with Crippen LogP contribution in [0.5, 0.6) is 0 Å². The SMILES string of the molecule is C1CCCCCCCCC1.C1CCCCCCCCC1.NCC1(CN)CCCCCCCCC1.O=C(O)c1cccc(C(=O)O)c1. The van der Waals surface area contributed by atoms with Crippen LogP contribution in [0.25, 0.3) is 0 Å². The van der Waals surface area contributed by atoms with Gasteiger partial charge in [-0.25, -0.2) is 9.59 Å². The second kappa shape index (κ2) is 29.2. The summed E-state index contributed by atoms with van der Waals surface area (Å²) < 4.78 is 0. The molecule has 1 aromatic carbocycles.